The van der Waals surface area contributed by atoms with Gasteiger partial charge in [-0.05, 0) is 124 Å². The zero-order valence-electron chi connectivity index (χ0n) is 22.3. The van der Waals surface area contributed by atoms with Gasteiger partial charge in [-0.25, -0.2) is 0 Å². The molecule has 0 spiro atoms. The predicted molar refractivity (Wildman–Crippen MR) is 134 cm³/mol. The van der Waals surface area contributed by atoms with Gasteiger partial charge in [-0.2, -0.15) is 0 Å². The lowest BCUT2D eigenvalue weighted by Gasteiger charge is -2.61. The Kier molecular flexibility index (Phi) is 7.45. The molecular weight excluding hydrogens is 426 g/mol. The van der Waals surface area contributed by atoms with Crippen molar-refractivity contribution in [2.75, 3.05) is 6.61 Å². The van der Waals surface area contributed by atoms with Gasteiger partial charge in [0.15, 0.2) is 0 Å². The summed E-state index contributed by atoms with van der Waals surface area (Å²) in [5.41, 5.74) is 0.271. The quantitative estimate of drug-likeness (QED) is 0.455. The van der Waals surface area contributed by atoms with Gasteiger partial charge in [-0.15, -0.1) is 0 Å². The van der Waals surface area contributed by atoms with Crippen LogP contribution in [0.4, 0.5) is 0 Å². The number of nitrogens with one attached hydrogen (secondary N) is 1. The van der Waals surface area contributed by atoms with Gasteiger partial charge in [0, 0.05) is 6.42 Å². The van der Waals surface area contributed by atoms with Crippen LogP contribution in [0.5, 0.6) is 0 Å². The van der Waals surface area contributed by atoms with Crippen LogP contribution in [-0.2, 0) is 14.3 Å². The molecule has 4 rings (SSSR count). The molecule has 1 amide bonds. The highest BCUT2D eigenvalue weighted by molar-refractivity contribution is 5.76. The van der Waals surface area contributed by atoms with Crippen LogP contribution in [-0.4, -0.2) is 35.7 Å². The van der Waals surface area contributed by atoms with E-state index in [2.05, 4.69) is 26.1 Å². The Hall–Kier alpha value is -1.10. The number of carbonyl (C=O) groups is 2. The molecule has 0 heterocycles. The lowest BCUT2D eigenvalue weighted by Crippen LogP contribution is -2.54. The molecule has 9 atom stereocenters. The van der Waals surface area contributed by atoms with E-state index in [4.69, 9.17) is 4.74 Å². The van der Waals surface area contributed by atoms with Gasteiger partial charge in [-0.3, -0.25) is 9.59 Å². The summed E-state index contributed by atoms with van der Waals surface area (Å²) in [5, 5.41) is 12.4. The van der Waals surface area contributed by atoms with E-state index in [0.717, 1.165) is 37.0 Å². The van der Waals surface area contributed by atoms with E-state index in [1.807, 2.05) is 13.8 Å². The van der Waals surface area contributed by atoms with Crippen LogP contribution in [0.15, 0.2) is 0 Å². The van der Waals surface area contributed by atoms with E-state index < -0.39 is 5.54 Å². The molecule has 0 aromatic rings. The van der Waals surface area contributed by atoms with Crippen molar-refractivity contribution >= 4 is 12.4 Å². The number of rotatable bonds is 8. The third-order valence-corrected chi connectivity index (χ3v) is 11.3. The molecule has 34 heavy (non-hydrogen) atoms. The van der Waals surface area contributed by atoms with Gasteiger partial charge in [-0.1, -0.05) is 20.8 Å². The Morgan fingerprint density at radius 3 is 2.50 bits per heavy atom. The second-order valence-corrected chi connectivity index (χ2v) is 13.6. The first-order valence-corrected chi connectivity index (χ1v) is 14.0. The van der Waals surface area contributed by atoms with Crippen LogP contribution in [0.3, 0.4) is 0 Å². The number of carbonyl (C=O) groups excluding carboxylic acids is 2. The largest absolute Gasteiger partial charge is 0.465 e. The summed E-state index contributed by atoms with van der Waals surface area (Å²) >= 11 is 0. The van der Waals surface area contributed by atoms with Crippen LogP contribution in [0.25, 0.3) is 0 Å². The highest BCUT2D eigenvalue weighted by Crippen LogP contribution is 2.68. The van der Waals surface area contributed by atoms with Crippen molar-refractivity contribution in [3.63, 3.8) is 0 Å². The molecule has 0 saturated heterocycles. The summed E-state index contributed by atoms with van der Waals surface area (Å²) in [4.78, 5) is 23.4. The molecule has 4 fully saturated rings. The molecule has 0 bridgehead atoms. The Morgan fingerprint density at radius 2 is 1.79 bits per heavy atom. The molecule has 0 aliphatic heterocycles. The normalized spacial score (nSPS) is 42.6. The maximum absolute atomic E-state index is 12.5. The minimum absolute atomic E-state index is 0.0379. The molecule has 5 heteroatoms. The smallest absolute Gasteiger partial charge is 0.293 e. The number of hydrogen-bond donors (Lipinski definition) is 2. The highest BCUT2D eigenvalue weighted by Gasteiger charge is 2.60. The van der Waals surface area contributed by atoms with Crippen LogP contribution in [0.2, 0.25) is 0 Å². The Bertz CT molecular complexity index is 752. The fourth-order valence-corrected chi connectivity index (χ4v) is 9.44. The minimum Gasteiger partial charge on any atom is -0.465 e. The molecule has 5 nitrogen and oxygen atoms in total. The minimum atomic E-state index is -0.545. The van der Waals surface area contributed by atoms with E-state index in [1.165, 1.54) is 44.9 Å². The summed E-state index contributed by atoms with van der Waals surface area (Å²) in [6.07, 6.45) is 12.9. The predicted octanol–water partition coefficient (Wildman–Crippen LogP) is 5.49. The van der Waals surface area contributed by atoms with Crippen molar-refractivity contribution in [1.29, 1.82) is 0 Å². The van der Waals surface area contributed by atoms with Gasteiger partial charge in [0.25, 0.3) is 6.47 Å². The van der Waals surface area contributed by atoms with Crippen molar-refractivity contribution < 1.29 is 19.4 Å². The lowest BCUT2D eigenvalue weighted by atomic mass is 9.44. The molecule has 0 unspecified atom stereocenters. The van der Waals surface area contributed by atoms with Crippen LogP contribution < -0.4 is 5.32 Å². The molecule has 0 aromatic carbocycles. The number of ether oxygens (including phenoxy) is 1. The first-order chi connectivity index (χ1) is 16.0. The van der Waals surface area contributed by atoms with Crippen molar-refractivity contribution in [1.82, 2.24) is 5.32 Å². The number of aliphatic hydroxyl groups excluding tert-OH is 1. The average molecular weight is 476 g/mol. The summed E-state index contributed by atoms with van der Waals surface area (Å²) in [5.74, 6) is 4.51. The van der Waals surface area contributed by atoms with Gasteiger partial charge < -0.3 is 15.2 Å². The fourth-order valence-electron chi connectivity index (χ4n) is 9.44. The van der Waals surface area contributed by atoms with Crippen molar-refractivity contribution in [2.45, 2.75) is 117 Å². The third kappa shape index (κ3) is 4.67. The summed E-state index contributed by atoms with van der Waals surface area (Å²) in [6.45, 7) is 11.9. The molecule has 4 aliphatic carbocycles. The average Bonchev–Trinajstić information content (AvgIpc) is 3.15. The maximum Gasteiger partial charge on any atom is 0.293 e. The van der Waals surface area contributed by atoms with Crippen molar-refractivity contribution in [3.8, 4) is 0 Å². The first kappa shape index (κ1) is 26.0. The Labute approximate surface area is 207 Å². The lowest BCUT2D eigenvalue weighted by molar-refractivity contribution is -0.151. The molecular formula is C29H49NO4. The number of amides is 1. The standard InChI is InChI=1S/C29H49NO4/c1-19(6-11-26(33)30-27(2,3)17-31)23-9-10-24-22-8-7-20-16-21(34-18-32)12-14-28(20,4)25(22)13-15-29(23,24)5/h18-25,31H,6-17H2,1-5H3,(H,30,33)/t19-,20-,21-,22+,23-,24+,25+,28+,29-/m1/s1. The first-order valence-electron chi connectivity index (χ1n) is 14.0. The third-order valence-electron chi connectivity index (χ3n) is 11.3. The zero-order valence-corrected chi connectivity index (χ0v) is 22.3. The van der Waals surface area contributed by atoms with E-state index >= 15 is 0 Å². The van der Waals surface area contributed by atoms with E-state index in [1.54, 1.807) is 0 Å². The summed E-state index contributed by atoms with van der Waals surface area (Å²) in [7, 11) is 0. The topological polar surface area (TPSA) is 75.6 Å². The SMILES string of the molecule is C[C@H](CCC(=O)NC(C)(C)CO)[C@H]1CC[C@H]2[C@@H]3CC[C@@H]4C[C@H](OC=O)CC[C@]4(C)[C@H]3CC[C@]12C. The van der Waals surface area contributed by atoms with Crippen LogP contribution in [0, 0.1) is 46.3 Å². The van der Waals surface area contributed by atoms with Gasteiger partial charge >= 0.3 is 0 Å². The Balaban J connectivity index is 1.39. The van der Waals surface area contributed by atoms with Gasteiger partial charge in [0.05, 0.1) is 12.1 Å². The number of fused-ring (bicyclic) bond motifs is 5. The summed E-state index contributed by atoms with van der Waals surface area (Å²) in [6, 6.07) is 0. The second-order valence-electron chi connectivity index (χ2n) is 13.6. The van der Waals surface area contributed by atoms with E-state index in [-0.39, 0.29) is 18.6 Å². The Morgan fingerprint density at radius 1 is 1.09 bits per heavy atom. The number of hydrogen-bond acceptors (Lipinski definition) is 4. The molecule has 2 N–H and O–H groups in total. The fraction of sp³-hybridized carbons (Fsp3) is 0.931. The van der Waals surface area contributed by atoms with Crippen molar-refractivity contribution in [3.05, 3.63) is 0 Å². The second kappa shape index (κ2) is 9.75. The van der Waals surface area contributed by atoms with Gasteiger partial charge in [0.2, 0.25) is 5.91 Å². The number of aliphatic hydroxyl groups is 1. The van der Waals surface area contributed by atoms with Crippen LogP contribution in [0.1, 0.15) is 105 Å². The molecule has 4 aliphatic rings. The van der Waals surface area contributed by atoms with Crippen LogP contribution >= 0.6 is 0 Å². The zero-order chi connectivity index (χ0) is 24.7. The molecule has 0 aromatic heterocycles. The van der Waals surface area contributed by atoms with Crippen molar-refractivity contribution in [2.24, 2.45) is 46.3 Å². The van der Waals surface area contributed by atoms with E-state index in [9.17, 15) is 14.7 Å². The summed E-state index contributed by atoms with van der Waals surface area (Å²) < 4.78 is 5.39. The highest BCUT2D eigenvalue weighted by atomic mass is 16.5. The van der Waals surface area contributed by atoms with E-state index in [0.29, 0.717) is 41.5 Å². The maximum atomic E-state index is 12.5. The van der Waals surface area contributed by atoms with Gasteiger partial charge in [0.1, 0.15) is 6.10 Å². The monoisotopic (exact) mass is 475 g/mol. The molecule has 4 saturated carbocycles. The molecule has 0 radical (unpaired) electrons. The molecule has 194 valence electrons.